The van der Waals surface area contributed by atoms with Crippen molar-refractivity contribution < 1.29 is 9.18 Å². The SMILES string of the molecule is O=Cc1c[nH]cc(-c2ccc(F)cc2)c1=O. The predicted octanol–water partition coefficient (Wildman–Crippen LogP) is 1.99. The van der Waals surface area contributed by atoms with Crippen LogP contribution in [0.3, 0.4) is 0 Å². The molecular formula is C12H8FNO2. The van der Waals surface area contributed by atoms with Crippen molar-refractivity contribution in [2.75, 3.05) is 0 Å². The fourth-order valence-corrected chi connectivity index (χ4v) is 1.43. The van der Waals surface area contributed by atoms with Gasteiger partial charge in [-0.2, -0.15) is 0 Å². The number of halogens is 1. The minimum absolute atomic E-state index is 0.0572. The molecule has 16 heavy (non-hydrogen) atoms. The molecule has 0 fully saturated rings. The van der Waals surface area contributed by atoms with Crippen molar-refractivity contribution in [1.82, 2.24) is 4.98 Å². The highest BCUT2D eigenvalue weighted by atomic mass is 19.1. The fourth-order valence-electron chi connectivity index (χ4n) is 1.43. The summed E-state index contributed by atoms with van der Waals surface area (Å²) in [5.41, 5.74) is 0.623. The first-order chi connectivity index (χ1) is 7.72. The van der Waals surface area contributed by atoms with Gasteiger partial charge in [-0.15, -0.1) is 0 Å². The topological polar surface area (TPSA) is 49.9 Å². The van der Waals surface area contributed by atoms with Gasteiger partial charge < -0.3 is 4.98 Å². The lowest BCUT2D eigenvalue weighted by Crippen LogP contribution is -2.10. The van der Waals surface area contributed by atoms with Crippen LogP contribution in [0.1, 0.15) is 10.4 Å². The number of nitrogens with one attached hydrogen (secondary N) is 1. The Morgan fingerprint density at radius 2 is 1.81 bits per heavy atom. The average Bonchev–Trinajstić information content (AvgIpc) is 2.31. The maximum absolute atomic E-state index is 12.7. The Labute approximate surface area is 90.6 Å². The van der Waals surface area contributed by atoms with Crippen LogP contribution in [-0.4, -0.2) is 11.3 Å². The van der Waals surface area contributed by atoms with Gasteiger partial charge in [0.25, 0.3) is 0 Å². The summed E-state index contributed by atoms with van der Waals surface area (Å²) in [5.74, 6) is -0.369. The summed E-state index contributed by atoms with van der Waals surface area (Å²) < 4.78 is 12.7. The first-order valence-electron chi connectivity index (χ1n) is 4.64. The van der Waals surface area contributed by atoms with Crippen LogP contribution in [0.2, 0.25) is 0 Å². The van der Waals surface area contributed by atoms with Crippen LogP contribution in [0.25, 0.3) is 11.1 Å². The number of H-pyrrole nitrogens is 1. The second kappa shape index (κ2) is 4.10. The van der Waals surface area contributed by atoms with Crippen molar-refractivity contribution in [3.05, 3.63) is 58.3 Å². The van der Waals surface area contributed by atoms with Gasteiger partial charge in [-0.1, -0.05) is 12.1 Å². The Morgan fingerprint density at radius 1 is 1.12 bits per heavy atom. The number of aromatic nitrogens is 1. The number of aldehydes is 1. The maximum atomic E-state index is 12.7. The van der Waals surface area contributed by atoms with Gasteiger partial charge in [0.2, 0.25) is 0 Å². The van der Waals surface area contributed by atoms with Crippen LogP contribution < -0.4 is 5.43 Å². The average molecular weight is 217 g/mol. The lowest BCUT2D eigenvalue weighted by molar-refractivity contribution is 0.112. The van der Waals surface area contributed by atoms with E-state index >= 15 is 0 Å². The molecule has 80 valence electrons. The molecule has 0 atom stereocenters. The molecule has 1 heterocycles. The fraction of sp³-hybridized carbons (Fsp3) is 0. The second-order valence-electron chi connectivity index (χ2n) is 3.28. The molecule has 0 unspecified atom stereocenters. The highest BCUT2D eigenvalue weighted by Crippen LogP contribution is 2.14. The van der Waals surface area contributed by atoms with Gasteiger partial charge in [0.1, 0.15) is 5.82 Å². The molecule has 0 saturated heterocycles. The minimum Gasteiger partial charge on any atom is -0.366 e. The summed E-state index contributed by atoms with van der Waals surface area (Å²) >= 11 is 0. The molecule has 3 nitrogen and oxygen atoms in total. The van der Waals surface area contributed by atoms with Crippen LogP contribution in [0.15, 0.2) is 41.5 Å². The summed E-state index contributed by atoms with van der Waals surface area (Å²) in [7, 11) is 0. The van der Waals surface area contributed by atoms with E-state index < -0.39 is 0 Å². The van der Waals surface area contributed by atoms with Crippen LogP contribution in [0, 0.1) is 5.82 Å². The second-order valence-corrected chi connectivity index (χ2v) is 3.28. The first-order valence-corrected chi connectivity index (χ1v) is 4.64. The smallest absolute Gasteiger partial charge is 0.199 e. The number of benzene rings is 1. The molecule has 0 spiro atoms. The zero-order valence-electron chi connectivity index (χ0n) is 8.24. The van der Waals surface area contributed by atoms with E-state index in [2.05, 4.69) is 4.98 Å². The van der Waals surface area contributed by atoms with Crippen LogP contribution >= 0.6 is 0 Å². The summed E-state index contributed by atoms with van der Waals surface area (Å²) in [5, 5.41) is 0. The highest BCUT2D eigenvalue weighted by molar-refractivity contribution is 5.77. The molecule has 0 radical (unpaired) electrons. The first kappa shape index (κ1) is 10.3. The molecule has 1 N–H and O–H groups in total. The highest BCUT2D eigenvalue weighted by Gasteiger charge is 2.06. The van der Waals surface area contributed by atoms with Crippen LogP contribution in [0.4, 0.5) is 4.39 Å². The quantitative estimate of drug-likeness (QED) is 0.782. The number of rotatable bonds is 2. The summed E-state index contributed by atoms with van der Waals surface area (Å²) in [6.07, 6.45) is 3.32. The Balaban J connectivity index is 2.60. The molecule has 0 aliphatic rings. The van der Waals surface area contributed by atoms with E-state index in [1.54, 1.807) is 0 Å². The van der Waals surface area contributed by atoms with E-state index in [9.17, 15) is 14.0 Å². The zero-order valence-corrected chi connectivity index (χ0v) is 8.24. The molecule has 0 aliphatic heterocycles. The molecule has 1 aromatic heterocycles. The van der Waals surface area contributed by atoms with Gasteiger partial charge in [-0.3, -0.25) is 9.59 Å². The monoisotopic (exact) mass is 217 g/mol. The third-order valence-electron chi connectivity index (χ3n) is 2.26. The van der Waals surface area contributed by atoms with Gasteiger partial charge >= 0.3 is 0 Å². The van der Waals surface area contributed by atoms with E-state index in [1.807, 2.05) is 0 Å². The molecule has 0 saturated carbocycles. The van der Waals surface area contributed by atoms with Crippen molar-refractivity contribution >= 4 is 6.29 Å². The number of pyridine rings is 1. The van der Waals surface area contributed by atoms with E-state index in [4.69, 9.17) is 0 Å². The normalized spacial score (nSPS) is 10.1. The summed E-state index contributed by atoms with van der Waals surface area (Å²) in [6, 6.07) is 5.52. The Bertz CT molecular complexity index is 572. The van der Waals surface area contributed by atoms with E-state index in [1.165, 1.54) is 36.7 Å². The van der Waals surface area contributed by atoms with E-state index in [0.717, 1.165) is 0 Å². The zero-order chi connectivity index (χ0) is 11.5. The van der Waals surface area contributed by atoms with Crippen LogP contribution in [0.5, 0.6) is 0 Å². The lowest BCUT2D eigenvalue weighted by atomic mass is 10.1. The minimum atomic E-state index is -0.369. The van der Waals surface area contributed by atoms with E-state index in [0.29, 0.717) is 17.4 Å². The Hall–Kier alpha value is -2.23. The van der Waals surface area contributed by atoms with Crippen molar-refractivity contribution in [2.24, 2.45) is 0 Å². The largest absolute Gasteiger partial charge is 0.366 e. The van der Waals surface area contributed by atoms with Gasteiger partial charge in [-0.05, 0) is 17.7 Å². The molecule has 2 aromatic rings. The number of aromatic amines is 1. The number of hydrogen-bond acceptors (Lipinski definition) is 2. The third kappa shape index (κ3) is 1.77. The Morgan fingerprint density at radius 3 is 2.44 bits per heavy atom. The predicted molar refractivity (Wildman–Crippen MR) is 57.8 cm³/mol. The van der Waals surface area contributed by atoms with E-state index in [-0.39, 0.29) is 16.8 Å². The van der Waals surface area contributed by atoms with Gasteiger partial charge in [-0.25, -0.2) is 4.39 Å². The molecular weight excluding hydrogens is 209 g/mol. The summed E-state index contributed by atoms with van der Waals surface area (Å²) in [4.78, 5) is 25.0. The molecule has 2 rings (SSSR count). The summed E-state index contributed by atoms with van der Waals surface area (Å²) in [6.45, 7) is 0. The van der Waals surface area contributed by atoms with Gasteiger partial charge in [0.15, 0.2) is 11.7 Å². The van der Waals surface area contributed by atoms with Crippen molar-refractivity contribution in [3.63, 3.8) is 0 Å². The number of carbonyl (C=O) groups excluding carboxylic acids is 1. The molecule has 0 aliphatic carbocycles. The van der Waals surface area contributed by atoms with Gasteiger partial charge in [0, 0.05) is 18.0 Å². The molecule has 0 amide bonds. The molecule has 1 aromatic carbocycles. The van der Waals surface area contributed by atoms with Crippen molar-refractivity contribution in [1.29, 1.82) is 0 Å². The molecule has 4 heteroatoms. The lowest BCUT2D eigenvalue weighted by Gasteiger charge is -2.00. The van der Waals surface area contributed by atoms with Crippen molar-refractivity contribution in [2.45, 2.75) is 0 Å². The van der Waals surface area contributed by atoms with Crippen LogP contribution in [-0.2, 0) is 0 Å². The standard InChI is InChI=1S/C12H8FNO2/c13-10-3-1-8(2-4-10)11-6-14-5-9(7-15)12(11)16/h1-7H,(H,14,16). The van der Waals surface area contributed by atoms with Gasteiger partial charge in [0.05, 0.1) is 5.56 Å². The Kier molecular flexibility index (Phi) is 2.64. The van der Waals surface area contributed by atoms with Crippen molar-refractivity contribution in [3.8, 4) is 11.1 Å². The number of hydrogen-bond donors (Lipinski definition) is 1. The maximum Gasteiger partial charge on any atom is 0.199 e. The molecule has 0 bridgehead atoms. The third-order valence-corrected chi connectivity index (χ3v) is 2.26. The number of carbonyl (C=O) groups is 1.